The number of amides is 2. The first-order valence-electron chi connectivity index (χ1n) is 13.1. The Morgan fingerprint density at radius 3 is 2.36 bits per heavy atom. The van der Waals surface area contributed by atoms with Gasteiger partial charge in [0.05, 0.1) is 11.4 Å². The minimum Gasteiger partial charge on any atom is -0.480 e. The number of nitro groups is 1. The highest BCUT2D eigenvalue weighted by Crippen LogP contribution is 2.30. The van der Waals surface area contributed by atoms with Crippen LogP contribution in [0.5, 0.6) is 0 Å². The van der Waals surface area contributed by atoms with E-state index in [-0.39, 0.29) is 29.3 Å². The molecule has 1 saturated heterocycles. The lowest BCUT2D eigenvalue weighted by Gasteiger charge is -2.29. The monoisotopic (exact) mass is 597 g/mol. The second-order valence-electron chi connectivity index (χ2n) is 10.1. The molecule has 1 aliphatic rings. The number of likely N-dealkylation sites (tertiary alicyclic amines) is 1. The number of fused-ring (bicyclic) bond motifs is 1. The molecular formula is C28H31N5O8S. The molecule has 42 heavy (non-hydrogen) atoms. The summed E-state index contributed by atoms with van der Waals surface area (Å²) < 4.78 is 28.8. The van der Waals surface area contributed by atoms with Gasteiger partial charge >= 0.3 is 5.97 Å². The van der Waals surface area contributed by atoms with E-state index in [0.29, 0.717) is 22.8 Å². The SMILES string of the molecule is CN(C)c1cccc2c(S(=O)(=O)NCC(=O)N(C(Cc3ccccc3)C(=O)N3CCCC3C(=O)O)[N+](=O)[O-])cccc12. The maximum atomic E-state index is 13.6. The number of anilines is 1. The number of nitrogens with one attached hydrogen (secondary N) is 1. The Labute approximate surface area is 242 Å². The summed E-state index contributed by atoms with van der Waals surface area (Å²) in [5, 5.41) is 21.9. The highest BCUT2D eigenvalue weighted by Gasteiger charge is 2.45. The Hall–Kier alpha value is -4.56. The van der Waals surface area contributed by atoms with Crippen LogP contribution in [0.25, 0.3) is 10.8 Å². The number of carboxylic acids is 1. The largest absolute Gasteiger partial charge is 0.480 e. The lowest BCUT2D eigenvalue weighted by atomic mass is 10.0. The van der Waals surface area contributed by atoms with E-state index in [4.69, 9.17) is 0 Å². The maximum absolute atomic E-state index is 13.6. The normalized spacial score (nSPS) is 15.8. The highest BCUT2D eigenvalue weighted by molar-refractivity contribution is 7.89. The number of hydrazine groups is 1. The number of carbonyl (C=O) groups excluding carboxylic acids is 2. The number of rotatable bonds is 11. The van der Waals surface area contributed by atoms with Crippen molar-refractivity contribution in [3.8, 4) is 0 Å². The van der Waals surface area contributed by atoms with E-state index >= 15 is 0 Å². The maximum Gasteiger partial charge on any atom is 0.326 e. The van der Waals surface area contributed by atoms with Crippen LogP contribution in [-0.2, 0) is 30.8 Å². The van der Waals surface area contributed by atoms with Crippen LogP contribution in [0.2, 0.25) is 0 Å². The average molecular weight is 598 g/mol. The van der Waals surface area contributed by atoms with Gasteiger partial charge in [0.1, 0.15) is 6.04 Å². The van der Waals surface area contributed by atoms with E-state index in [1.807, 2.05) is 25.1 Å². The van der Waals surface area contributed by atoms with Crippen molar-refractivity contribution in [1.29, 1.82) is 0 Å². The number of aliphatic carboxylic acids is 1. The van der Waals surface area contributed by atoms with Gasteiger partial charge in [-0.25, -0.2) is 28.0 Å². The van der Waals surface area contributed by atoms with Gasteiger partial charge in [-0.3, -0.25) is 9.59 Å². The van der Waals surface area contributed by atoms with Crippen molar-refractivity contribution in [2.75, 3.05) is 32.1 Å². The first kappa shape index (κ1) is 30.4. The van der Waals surface area contributed by atoms with Crippen molar-refractivity contribution in [1.82, 2.24) is 14.6 Å². The van der Waals surface area contributed by atoms with E-state index in [2.05, 4.69) is 4.72 Å². The Morgan fingerprint density at radius 1 is 1.05 bits per heavy atom. The van der Waals surface area contributed by atoms with Crippen molar-refractivity contribution < 1.29 is 32.9 Å². The Kier molecular flexibility index (Phi) is 9.07. The zero-order valence-corrected chi connectivity index (χ0v) is 23.9. The molecule has 0 bridgehead atoms. The molecule has 4 rings (SSSR count). The predicted molar refractivity (Wildman–Crippen MR) is 154 cm³/mol. The number of benzene rings is 3. The number of carbonyl (C=O) groups is 3. The van der Waals surface area contributed by atoms with Gasteiger partial charge in [0, 0.05) is 43.5 Å². The lowest BCUT2D eigenvalue weighted by molar-refractivity contribution is -0.640. The molecule has 2 amide bonds. The van der Waals surface area contributed by atoms with Crippen LogP contribution in [0, 0.1) is 10.1 Å². The Bertz CT molecular complexity index is 1610. The molecule has 3 aromatic carbocycles. The fourth-order valence-electron chi connectivity index (χ4n) is 5.18. The molecule has 2 unspecified atom stereocenters. The third-order valence-corrected chi connectivity index (χ3v) is 8.61. The molecule has 0 aliphatic carbocycles. The van der Waals surface area contributed by atoms with Crippen molar-refractivity contribution in [3.05, 3.63) is 82.4 Å². The van der Waals surface area contributed by atoms with Crippen molar-refractivity contribution in [2.24, 2.45) is 0 Å². The van der Waals surface area contributed by atoms with Gasteiger partial charge in [-0.05, 0) is 35.5 Å². The first-order valence-corrected chi connectivity index (χ1v) is 14.6. The number of carboxylic acid groups (broad SMARTS) is 1. The van der Waals surface area contributed by atoms with Gasteiger partial charge in [-0.2, -0.15) is 0 Å². The van der Waals surface area contributed by atoms with E-state index in [9.17, 15) is 38.0 Å². The van der Waals surface area contributed by atoms with E-state index in [1.165, 1.54) is 6.07 Å². The molecule has 2 N–H and O–H groups in total. The fraction of sp³-hybridized carbons (Fsp3) is 0.321. The highest BCUT2D eigenvalue weighted by atomic mass is 32.2. The second kappa shape index (κ2) is 12.5. The zero-order valence-electron chi connectivity index (χ0n) is 23.0. The van der Waals surface area contributed by atoms with E-state index in [1.54, 1.807) is 54.6 Å². The molecule has 0 radical (unpaired) electrons. The molecule has 222 valence electrons. The standard InChI is InChI=1S/C28H31N5O8S/c1-30(2)22-13-6-12-21-20(22)11-7-15-25(21)42(40,41)29-18-26(34)32(33(38)39)24(17-19-9-4-3-5-10-19)27(35)31-16-8-14-23(31)28(36)37/h3-7,9-13,15,23-24,29H,8,14,16-18H2,1-2H3,(H,36,37). The number of nitrogens with zero attached hydrogens (tertiary/aromatic N) is 4. The minimum absolute atomic E-state index is 0.0590. The predicted octanol–water partition coefficient (Wildman–Crippen LogP) is 1.89. The van der Waals surface area contributed by atoms with E-state index < -0.39 is 51.5 Å². The third kappa shape index (κ3) is 6.34. The molecule has 1 heterocycles. The van der Waals surface area contributed by atoms with Crippen LogP contribution < -0.4 is 9.62 Å². The van der Waals surface area contributed by atoms with Gasteiger partial charge in [-0.15, -0.1) is 0 Å². The zero-order chi connectivity index (χ0) is 30.6. The fourth-order valence-corrected chi connectivity index (χ4v) is 6.37. The van der Waals surface area contributed by atoms with Crippen LogP contribution in [0.1, 0.15) is 18.4 Å². The summed E-state index contributed by atoms with van der Waals surface area (Å²) in [5.74, 6) is -3.43. The number of hydrogen-bond donors (Lipinski definition) is 2. The first-order chi connectivity index (χ1) is 19.9. The molecule has 13 nitrogen and oxygen atoms in total. The van der Waals surface area contributed by atoms with Crippen LogP contribution in [0.3, 0.4) is 0 Å². The summed E-state index contributed by atoms with van der Waals surface area (Å²) in [6, 6.07) is 15.2. The molecule has 2 atom stereocenters. The number of sulfonamides is 1. The average Bonchev–Trinajstić information content (AvgIpc) is 3.46. The molecule has 0 spiro atoms. The van der Waals surface area contributed by atoms with Crippen molar-refractivity contribution in [2.45, 2.75) is 36.2 Å². The molecule has 1 fully saturated rings. The molecule has 14 heteroatoms. The number of hydrogen-bond acceptors (Lipinski definition) is 8. The third-order valence-electron chi connectivity index (χ3n) is 7.15. The van der Waals surface area contributed by atoms with Crippen LogP contribution in [0.15, 0.2) is 71.6 Å². The van der Waals surface area contributed by atoms with Gasteiger partial charge in [0.15, 0.2) is 11.1 Å². The summed E-state index contributed by atoms with van der Waals surface area (Å²) in [5.41, 5.74) is 1.26. The van der Waals surface area contributed by atoms with Crippen LogP contribution in [-0.4, -0.2) is 85.5 Å². The van der Waals surface area contributed by atoms with Crippen LogP contribution in [0.4, 0.5) is 5.69 Å². The second-order valence-corrected chi connectivity index (χ2v) is 11.8. The summed E-state index contributed by atoms with van der Waals surface area (Å²) in [6.45, 7) is -0.947. The van der Waals surface area contributed by atoms with Gasteiger partial charge < -0.3 is 14.9 Å². The van der Waals surface area contributed by atoms with Crippen molar-refractivity contribution in [3.63, 3.8) is 0 Å². The molecule has 1 aliphatic heterocycles. The Balaban J connectivity index is 1.64. The quantitative estimate of drug-likeness (QED) is 0.247. The molecule has 3 aromatic rings. The lowest BCUT2D eigenvalue weighted by Crippen LogP contribution is -2.57. The summed E-state index contributed by atoms with van der Waals surface area (Å²) >= 11 is 0. The molecular weight excluding hydrogens is 566 g/mol. The summed E-state index contributed by atoms with van der Waals surface area (Å²) in [4.78, 5) is 53.6. The van der Waals surface area contributed by atoms with Gasteiger partial charge in [-0.1, -0.05) is 54.6 Å². The van der Waals surface area contributed by atoms with Gasteiger partial charge in [0.25, 0.3) is 11.8 Å². The minimum atomic E-state index is -4.34. The molecule has 0 aromatic heterocycles. The van der Waals surface area contributed by atoms with Crippen LogP contribution >= 0.6 is 0 Å². The smallest absolute Gasteiger partial charge is 0.326 e. The molecule has 0 saturated carbocycles. The van der Waals surface area contributed by atoms with E-state index in [0.717, 1.165) is 10.6 Å². The van der Waals surface area contributed by atoms with Gasteiger partial charge in [0.2, 0.25) is 10.0 Å². The summed E-state index contributed by atoms with van der Waals surface area (Å²) in [6.07, 6.45) is 0.276. The Morgan fingerprint density at radius 2 is 1.71 bits per heavy atom. The van der Waals surface area contributed by atoms with Crippen molar-refractivity contribution >= 4 is 44.3 Å². The summed E-state index contributed by atoms with van der Waals surface area (Å²) in [7, 11) is -0.711. The topological polar surface area (TPSA) is 170 Å².